The fraction of sp³-hybridized carbons (Fsp3) is 0.700. The monoisotopic (exact) mass is 227 g/mol. The molecule has 0 aliphatic heterocycles. The molecule has 6 heteroatoms. The van der Waals surface area contributed by atoms with E-state index in [0.717, 1.165) is 0 Å². The molecule has 0 spiro atoms. The predicted molar refractivity (Wildman–Crippen MR) is 59.4 cm³/mol. The third-order valence-corrected chi connectivity index (χ3v) is 2.77. The van der Waals surface area contributed by atoms with Gasteiger partial charge in [0.2, 0.25) is 0 Å². The summed E-state index contributed by atoms with van der Waals surface area (Å²) in [6.45, 7) is 7.43. The van der Waals surface area contributed by atoms with Crippen LogP contribution in [0, 0.1) is 17.0 Å². The average molecular weight is 227 g/mol. The molecule has 1 N–H and O–H groups in total. The quantitative estimate of drug-likeness (QED) is 0.625. The number of aliphatic hydroxyl groups is 1. The number of aliphatic hydroxyl groups excluding tert-OH is 1. The van der Waals surface area contributed by atoms with Crippen molar-refractivity contribution in [3.63, 3.8) is 0 Å². The van der Waals surface area contributed by atoms with Crippen molar-refractivity contribution in [2.75, 3.05) is 0 Å². The fourth-order valence-electron chi connectivity index (χ4n) is 1.74. The first-order chi connectivity index (χ1) is 7.40. The SMILES string of the molecule is CCn1nc(C)c([N+](=O)[O-])c1C(C)C(C)O. The van der Waals surface area contributed by atoms with Crippen LogP contribution in [0.5, 0.6) is 0 Å². The van der Waals surface area contributed by atoms with Crippen LogP contribution in [0.2, 0.25) is 0 Å². The minimum Gasteiger partial charge on any atom is -0.393 e. The molecule has 1 heterocycles. The van der Waals surface area contributed by atoms with E-state index in [9.17, 15) is 15.2 Å². The first kappa shape index (κ1) is 12.6. The summed E-state index contributed by atoms with van der Waals surface area (Å²) in [6.07, 6.45) is -0.639. The Balaban J connectivity index is 3.37. The highest BCUT2D eigenvalue weighted by molar-refractivity contribution is 5.42. The van der Waals surface area contributed by atoms with Crippen LogP contribution in [0.25, 0.3) is 0 Å². The molecule has 16 heavy (non-hydrogen) atoms. The van der Waals surface area contributed by atoms with Crippen molar-refractivity contribution < 1.29 is 10.0 Å². The largest absolute Gasteiger partial charge is 0.393 e. The fourth-order valence-corrected chi connectivity index (χ4v) is 1.74. The Labute approximate surface area is 94.0 Å². The Morgan fingerprint density at radius 3 is 2.50 bits per heavy atom. The maximum Gasteiger partial charge on any atom is 0.313 e. The molecular formula is C10H17N3O3. The van der Waals surface area contributed by atoms with Crippen LogP contribution in [0.3, 0.4) is 0 Å². The molecule has 1 aromatic heterocycles. The van der Waals surface area contributed by atoms with Crippen molar-refractivity contribution in [2.24, 2.45) is 0 Å². The van der Waals surface area contributed by atoms with Gasteiger partial charge in [-0.15, -0.1) is 0 Å². The summed E-state index contributed by atoms with van der Waals surface area (Å²) in [5.41, 5.74) is 0.921. The third-order valence-electron chi connectivity index (χ3n) is 2.77. The van der Waals surface area contributed by atoms with Gasteiger partial charge in [-0.05, 0) is 20.8 Å². The number of rotatable bonds is 4. The van der Waals surface area contributed by atoms with Crippen molar-refractivity contribution in [3.05, 3.63) is 21.5 Å². The van der Waals surface area contributed by atoms with E-state index >= 15 is 0 Å². The maximum atomic E-state index is 11.0. The third kappa shape index (κ3) is 2.06. The van der Waals surface area contributed by atoms with Gasteiger partial charge in [-0.25, -0.2) is 0 Å². The van der Waals surface area contributed by atoms with E-state index < -0.39 is 11.0 Å². The highest BCUT2D eigenvalue weighted by atomic mass is 16.6. The smallest absolute Gasteiger partial charge is 0.313 e. The summed E-state index contributed by atoms with van der Waals surface area (Å²) in [5, 5.41) is 24.6. The molecule has 0 aliphatic carbocycles. The Hall–Kier alpha value is -1.43. The van der Waals surface area contributed by atoms with Gasteiger partial charge in [0.05, 0.1) is 11.0 Å². The summed E-state index contributed by atoms with van der Waals surface area (Å²) < 4.78 is 1.59. The van der Waals surface area contributed by atoms with Crippen molar-refractivity contribution >= 4 is 5.69 Å². The van der Waals surface area contributed by atoms with E-state index in [4.69, 9.17) is 0 Å². The number of hydrogen-bond acceptors (Lipinski definition) is 4. The molecule has 0 saturated heterocycles. The lowest BCUT2D eigenvalue weighted by atomic mass is 10.0. The summed E-state index contributed by atoms with van der Waals surface area (Å²) in [4.78, 5) is 10.5. The Morgan fingerprint density at radius 1 is 1.56 bits per heavy atom. The number of aromatic nitrogens is 2. The van der Waals surface area contributed by atoms with Gasteiger partial charge in [-0.1, -0.05) is 6.92 Å². The highest BCUT2D eigenvalue weighted by Crippen LogP contribution is 2.31. The molecular weight excluding hydrogens is 210 g/mol. The van der Waals surface area contributed by atoms with Crippen LogP contribution < -0.4 is 0 Å². The van der Waals surface area contributed by atoms with Crippen LogP contribution in [0.1, 0.15) is 38.1 Å². The Kier molecular flexibility index (Phi) is 3.64. The molecule has 0 aliphatic rings. The van der Waals surface area contributed by atoms with E-state index in [1.54, 1.807) is 25.5 Å². The van der Waals surface area contributed by atoms with E-state index in [1.165, 1.54) is 0 Å². The van der Waals surface area contributed by atoms with Gasteiger partial charge >= 0.3 is 5.69 Å². The summed E-state index contributed by atoms with van der Waals surface area (Å²) in [6, 6.07) is 0. The molecule has 2 unspecified atom stereocenters. The van der Waals surface area contributed by atoms with Gasteiger partial charge in [-0.3, -0.25) is 14.8 Å². The van der Waals surface area contributed by atoms with E-state index in [-0.39, 0.29) is 11.6 Å². The van der Waals surface area contributed by atoms with Gasteiger partial charge in [0.25, 0.3) is 0 Å². The molecule has 2 atom stereocenters. The normalized spacial score (nSPS) is 14.8. The zero-order valence-corrected chi connectivity index (χ0v) is 9.97. The Morgan fingerprint density at radius 2 is 2.12 bits per heavy atom. The molecule has 6 nitrogen and oxygen atoms in total. The molecule has 0 amide bonds. The van der Waals surface area contributed by atoms with Crippen LogP contribution in [0.4, 0.5) is 5.69 Å². The molecule has 0 aromatic carbocycles. The first-order valence-electron chi connectivity index (χ1n) is 5.29. The lowest BCUT2D eigenvalue weighted by molar-refractivity contribution is -0.386. The number of nitrogens with zero attached hydrogens (tertiary/aromatic N) is 3. The minimum atomic E-state index is -0.639. The van der Waals surface area contributed by atoms with Crippen LogP contribution >= 0.6 is 0 Å². The van der Waals surface area contributed by atoms with Gasteiger partial charge in [0.15, 0.2) is 0 Å². The highest BCUT2D eigenvalue weighted by Gasteiger charge is 2.30. The Bertz CT molecular complexity index is 398. The van der Waals surface area contributed by atoms with Crippen molar-refractivity contribution in [2.45, 2.75) is 46.3 Å². The van der Waals surface area contributed by atoms with Gasteiger partial charge in [0.1, 0.15) is 11.4 Å². The lowest BCUT2D eigenvalue weighted by Crippen LogP contribution is -2.17. The van der Waals surface area contributed by atoms with E-state index in [1.807, 2.05) is 6.92 Å². The molecule has 0 saturated carbocycles. The first-order valence-corrected chi connectivity index (χ1v) is 5.29. The molecule has 0 fully saturated rings. The minimum absolute atomic E-state index is 0.0234. The maximum absolute atomic E-state index is 11.0. The van der Waals surface area contributed by atoms with Crippen molar-refractivity contribution in [3.8, 4) is 0 Å². The molecule has 0 bridgehead atoms. The van der Waals surface area contributed by atoms with Crippen LogP contribution in [0.15, 0.2) is 0 Å². The average Bonchev–Trinajstić information content (AvgIpc) is 2.53. The zero-order chi connectivity index (χ0) is 12.5. The number of nitro groups is 1. The lowest BCUT2D eigenvalue weighted by Gasteiger charge is -2.15. The molecule has 0 radical (unpaired) electrons. The van der Waals surface area contributed by atoms with Gasteiger partial charge in [-0.2, -0.15) is 5.10 Å². The van der Waals surface area contributed by atoms with E-state index in [0.29, 0.717) is 17.9 Å². The van der Waals surface area contributed by atoms with Gasteiger partial charge < -0.3 is 5.11 Å². The van der Waals surface area contributed by atoms with Crippen molar-refractivity contribution in [1.29, 1.82) is 0 Å². The second-order valence-electron chi connectivity index (χ2n) is 3.92. The number of aryl methyl sites for hydroxylation is 2. The molecule has 1 aromatic rings. The number of hydrogen-bond donors (Lipinski definition) is 1. The van der Waals surface area contributed by atoms with Gasteiger partial charge in [0, 0.05) is 12.5 Å². The molecule has 1 rings (SSSR count). The van der Waals surface area contributed by atoms with E-state index in [2.05, 4.69) is 5.10 Å². The second kappa shape index (κ2) is 4.61. The zero-order valence-electron chi connectivity index (χ0n) is 9.97. The van der Waals surface area contributed by atoms with Crippen LogP contribution in [-0.2, 0) is 6.54 Å². The summed E-state index contributed by atoms with van der Waals surface area (Å²) >= 11 is 0. The topological polar surface area (TPSA) is 81.2 Å². The summed E-state index contributed by atoms with van der Waals surface area (Å²) in [7, 11) is 0. The second-order valence-corrected chi connectivity index (χ2v) is 3.92. The molecule has 90 valence electrons. The van der Waals surface area contributed by atoms with Crippen molar-refractivity contribution in [1.82, 2.24) is 9.78 Å². The summed E-state index contributed by atoms with van der Waals surface area (Å²) in [5.74, 6) is -0.304. The van der Waals surface area contributed by atoms with Crippen LogP contribution in [-0.4, -0.2) is 25.9 Å². The standard InChI is InChI=1S/C10H17N3O3/c1-5-12-9(6(2)8(4)14)10(13(15)16)7(3)11-12/h6,8,14H,5H2,1-4H3. The predicted octanol–water partition coefficient (Wildman–Crippen LogP) is 1.60.